The molecule has 0 aromatic heterocycles. The first kappa shape index (κ1) is 21.7. The summed E-state index contributed by atoms with van der Waals surface area (Å²) >= 11 is 0. The second kappa shape index (κ2) is 10.6. The Balaban J connectivity index is 1.90. The van der Waals surface area contributed by atoms with Crippen LogP contribution in [0.5, 0.6) is 11.5 Å². The highest BCUT2D eigenvalue weighted by Crippen LogP contribution is 2.22. The SMILES string of the molecule is COC(=O)[C@H](COC(C)(C)C)NC/C=C/c1cccc(Oc2ccccc2)c1. The summed E-state index contributed by atoms with van der Waals surface area (Å²) in [6.45, 7) is 6.62. The summed E-state index contributed by atoms with van der Waals surface area (Å²) < 4.78 is 16.4. The van der Waals surface area contributed by atoms with Crippen molar-refractivity contribution in [1.82, 2.24) is 5.32 Å². The van der Waals surface area contributed by atoms with E-state index < -0.39 is 6.04 Å². The lowest BCUT2D eigenvalue weighted by Crippen LogP contribution is -2.43. The van der Waals surface area contributed by atoms with Crippen LogP contribution in [0.15, 0.2) is 60.7 Å². The molecule has 0 unspecified atom stereocenters. The Bertz CT molecular complexity index is 766. The average molecular weight is 383 g/mol. The van der Waals surface area contributed by atoms with Gasteiger partial charge in [-0.3, -0.25) is 10.1 Å². The summed E-state index contributed by atoms with van der Waals surface area (Å²) in [5, 5.41) is 3.15. The van der Waals surface area contributed by atoms with Crippen LogP contribution in [0.4, 0.5) is 0 Å². The van der Waals surface area contributed by atoms with Gasteiger partial charge in [0.15, 0.2) is 0 Å². The van der Waals surface area contributed by atoms with E-state index in [0.29, 0.717) is 6.54 Å². The van der Waals surface area contributed by atoms with Gasteiger partial charge in [-0.2, -0.15) is 0 Å². The smallest absolute Gasteiger partial charge is 0.325 e. The van der Waals surface area contributed by atoms with Crippen LogP contribution in [-0.2, 0) is 14.3 Å². The van der Waals surface area contributed by atoms with E-state index >= 15 is 0 Å². The lowest BCUT2D eigenvalue weighted by atomic mass is 10.2. The monoisotopic (exact) mass is 383 g/mol. The van der Waals surface area contributed by atoms with E-state index in [1.54, 1.807) is 0 Å². The minimum Gasteiger partial charge on any atom is -0.468 e. The molecular weight excluding hydrogens is 354 g/mol. The minimum atomic E-state index is -0.512. The molecule has 5 nitrogen and oxygen atoms in total. The molecule has 1 N–H and O–H groups in total. The molecule has 0 aliphatic heterocycles. The van der Waals surface area contributed by atoms with Gasteiger partial charge in [0.25, 0.3) is 0 Å². The fourth-order valence-corrected chi connectivity index (χ4v) is 2.40. The minimum absolute atomic E-state index is 0.254. The summed E-state index contributed by atoms with van der Waals surface area (Å²) in [4.78, 5) is 11.9. The number of hydrogen-bond donors (Lipinski definition) is 1. The van der Waals surface area contributed by atoms with E-state index in [1.807, 2.05) is 87.5 Å². The molecule has 2 aromatic carbocycles. The van der Waals surface area contributed by atoms with Crippen LogP contribution < -0.4 is 10.1 Å². The Labute approximate surface area is 167 Å². The maximum Gasteiger partial charge on any atom is 0.325 e. The summed E-state index contributed by atoms with van der Waals surface area (Å²) in [5.41, 5.74) is 0.694. The lowest BCUT2D eigenvalue weighted by Gasteiger charge is -2.23. The molecule has 0 spiro atoms. The molecule has 0 aliphatic rings. The summed E-state index contributed by atoms with van der Waals surface area (Å²) in [5.74, 6) is 1.23. The van der Waals surface area contributed by atoms with E-state index in [0.717, 1.165) is 17.1 Å². The molecule has 0 radical (unpaired) electrons. The lowest BCUT2D eigenvalue weighted by molar-refractivity contribution is -0.146. The Morgan fingerprint density at radius 1 is 1.07 bits per heavy atom. The maximum absolute atomic E-state index is 11.9. The van der Waals surface area contributed by atoms with Gasteiger partial charge in [-0.05, 0) is 50.6 Å². The summed E-state index contributed by atoms with van der Waals surface area (Å²) in [6, 6.07) is 17.0. The van der Waals surface area contributed by atoms with Crippen LogP contribution >= 0.6 is 0 Å². The molecule has 28 heavy (non-hydrogen) atoms. The molecule has 0 aliphatic carbocycles. The van der Waals surface area contributed by atoms with Crippen LogP contribution in [0.25, 0.3) is 6.08 Å². The molecule has 150 valence electrons. The normalized spacial score (nSPS) is 12.7. The van der Waals surface area contributed by atoms with Gasteiger partial charge in [0.05, 0.1) is 19.3 Å². The number of ether oxygens (including phenoxy) is 3. The molecule has 0 amide bonds. The van der Waals surface area contributed by atoms with Gasteiger partial charge in [0.2, 0.25) is 0 Å². The molecule has 2 rings (SSSR count). The molecule has 0 saturated carbocycles. The number of hydrogen-bond acceptors (Lipinski definition) is 5. The first-order valence-electron chi connectivity index (χ1n) is 9.32. The summed E-state index contributed by atoms with van der Waals surface area (Å²) in [6.07, 6.45) is 3.93. The third-order valence-electron chi connectivity index (χ3n) is 3.80. The topological polar surface area (TPSA) is 56.8 Å². The highest BCUT2D eigenvalue weighted by atomic mass is 16.5. The Hall–Kier alpha value is -2.63. The van der Waals surface area contributed by atoms with Crippen molar-refractivity contribution >= 4 is 12.0 Å². The van der Waals surface area contributed by atoms with Gasteiger partial charge in [-0.15, -0.1) is 0 Å². The number of carbonyl (C=O) groups excluding carboxylic acids is 1. The maximum atomic E-state index is 11.9. The van der Waals surface area contributed by atoms with Crippen molar-refractivity contribution in [2.24, 2.45) is 0 Å². The molecule has 0 bridgehead atoms. The third-order valence-corrected chi connectivity index (χ3v) is 3.80. The standard InChI is InChI=1S/C23H29NO4/c1-23(2,3)27-17-21(22(25)26-4)24-15-9-11-18-10-8-14-20(16-18)28-19-12-6-5-7-13-19/h5-14,16,21,24H,15,17H2,1-4H3/b11-9+/t21-/m0/s1. The van der Waals surface area contributed by atoms with E-state index in [4.69, 9.17) is 14.2 Å². The molecule has 0 heterocycles. The number of benzene rings is 2. The van der Waals surface area contributed by atoms with Crippen molar-refractivity contribution < 1.29 is 19.0 Å². The predicted molar refractivity (Wildman–Crippen MR) is 112 cm³/mol. The first-order chi connectivity index (χ1) is 13.4. The molecule has 5 heteroatoms. The van der Waals surface area contributed by atoms with Crippen LogP contribution in [0.3, 0.4) is 0 Å². The van der Waals surface area contributed by atoms with Crippen molar-refractivity contribution in [2.75, 3.05) is 20.3 Å². The van der Waals surface area contributed by atoms with Gasteiger partial charge >= 0.3 is 5.97 Å². The van der Waals surface area contributed by atoms with Crippen LogP contribution in [0.1, 0.15) is 26.3 Å². The molecule has 0 saturated heterocycles. The number of nitrogens with one attached hydrogen (secondary N) is 1. The van der Waals surface area contributed by atoms with Gasteiger partial charge < -0.3 is 14.2 Å². The molecular formula is C23H29NO4. The van der Waals surface area contributed by atoms with Crippen molar-refractivity contribution in [2.45, 2.75) is 32.4 Å². The highest BCUT2D eigenvalue weighted by molar-refractivity contribution is 5.75. The third kappa shape index (κ3) is 7.94. The zero-order valence-corrected chi connectivity index (χ0v) is 17.0. The summed E-state index contributed by atoms with van der Waals surface area (Å²) in [7, 11) is 1.38. The van der Waals surface area contributed by atoms with Gasteiger partial charge in [0.1, 0.15) is 17.5 Å². The second-order valence-electron chi connectivity index (χ2n) is 7.30. The fourth-order valence-electron chi connectivity index (χ4n) is 2.40. The van der Waals surface area contributed by atoms with Gasteiger partial charge in [0, 0.05) is 6.54 Å². The highest BCUT2D eigenvalue weighted by Gasteiger charge is 2.21. The number of esters is 1. The quantitative estimate of drug-likeness (QED) is 0.649. The Morgan fingerprint density at radius 3 is 2.46 bits per heavy atom. The first-order valence-corrected chi connectivity index (χ1v) is 9.32. The van der Waals surface area contributed by atoms with Gasteiger partial charge in [-0.1, -0.05) is 42.5 Å². The van der Waals surface area contributed by atoms with Crippen molar-refractivity contribution in [1.29, 1.82) is 0 Å². The van der Waals surface area contributed by atoms with E-state index in [9.17, 15) is 4.79 Å². The number of para-hydroxylation sites is 1. The number of methoxy groups -OCH3 is 1. The van der Waals surface area contributed by atoms with E-state index in [2.05, 4.69) is 5.32 Å². The largest absolute Gasteiger partial charge is 0.468 e. The van der Waals surface area contributed by atoms with Crippen molar-refractivity contribution in [3.8, 4) is 11.5 Å². The van der Waals surface area contributed by atoms with Crippen LogP contribution in [-0.4, -0.2) is 37.9 Å². The predicted octanol–water partition coefficient (Wildman–Crippen LogP) is 4.44. The Kier molecular flexibility index (Phi) is 8.23. The zero-order valence-electron chi connectivity index (χ0n) is 17.0. The van der Waals surface area contributed by atoms with E-state index in [-0.39, 0.29) is 18.2 Å². The average Bonchev–Trinajstić information content (AvgIpc) is 2.67. The van der Waals surface area contributed by atoms with Gasteiger partial charge in [-0.25, -0.2) is 0 Å². The van der Waals surface area contributed by atoms with Crippen LogP contribution in [0.2, 0.25) is 0 Å². The number of rotatable bonds is 9. The van der Waals surface area contributed by atoms with Crippen molar-refractivity contribution in [3.05, 3.63) is 66.2 Å². The second-order valence-corrected chi connectivity index (χ2v) is 7.30. The zero-order chi connectivity index (χ0) is 20.4. The molecule has 2 aromatic rings. The Morgan fingerprint density at radius 2 is 1.79 bits per heavy atom. The molecule has 0 fully saturated rings. The van der Waals surface area contributed by atoms with Crippen molar-refractivity contribution in [3.63, 3.8) is 0 Å². The fraction of sp³-hybridized carbons (Fsp3) is 0.348. The van der Waals surface area contributed by atoms with Crippen LogP contribution in [0, 0.1) is 0 Å². The number of carbonyl (C=O) groups is 1. The van der Waals surface area contributed by atoms with E-state index in [1.165, 1.54) is 7.11 Å². The molecule has 1 atom stereocenters.